The number of nitrogens with zero attached hydrogens (tertiary/aromatic N) is 6. The Morgan fingerprint density at radius 1 is 1.17 bits per heavy atom. The van der Waals surface area contributed by atoms with Crippen LogP contribution in [-0.4, -0.2) is 45.3 Å². The third kappa shape index (κ3) is 2.76. The first-order chi connectivity index (χ1) is 11.2. The number of halogens is 1. The summed E-state index contributed by atoms with van der Waals surface area (Å²) in [7, 11) is 0. The van der Waals surface area contributed by atoms with E-state index < -0.39 is 0 Å². The van der Waals surface area contributed by atoms with Crippen LogP contribution in [0.15, 0.2) is 24.8 Å². The van der Waals surface area contributed by atoms with Gasteiger partial charge in [-0.25, -0.2) is 9.97 Å². The minimum atomic E-state index is 0.187. The molecular formula is C15H17ClN6O. The molecule has 2 aliphatic heterocycles. The summed E-state index contributed by atoms with van der Waals surface area (Å²) >= 11 is 5.83. The monoisotopic (exact) mass is 332 g/mol. The van der Waals surface area contributed by atoms with Crippen LogP contribution in [0.4, 0.5) is 11.6 Å². The van der Waals surface area contributed by atoms with Crippen LogP contribution in [-0.2, 0) is 4.79 Å². The van der Waals surface area contributed by atoms with Gasteiger partial charge in [0.2, 0.25) is 11.9 Å². The van der Waals surface area contributed by atoms with E-state index in [4.69, 9.17) is 11.6 Å². The fraction of sp³-hybridized carbons (Fsp3) is 0.467. The van der Waals surface area contributed by atoms with Gasteiger partial charge in [-0.1, -0.05) is 11.6 Å². The second-order valence-corrected chi connectivity index (χ2v) is 6.35. The van der Waals surface area contributed by atoms with Crippen molar-refractivity contribution in [1.82, 2.24) is 19.7 Å². The van der Waals surface area contributed by atoms with Gasteiger partial charge in [-0.3, -0.25) is 9.48 Å². The van der Waals surface area contributed by atoms with Gasteiger partial charge in [0.1, 0.15) is 0 Å². The first-order valence-corrected chi connectivity index (χ1v) is 8.15. The Labute approximate surface area is 138 Å². The maximum absolute atomic E-state index is 11.8. The predicted molar refractivity (Wildman–Crippen MR) is 86.7 cm³/mol. The molecule has 2 aromatic rings. The van der Waals surface area contributed by atoms with Crippen molar-refractivity contribution in [3.05, 3.63) is 29.8 Å². The van der Waals surface area contributed by atoms with Crippen LogP contribution in [0.25, 0.3) is 0 Å². The topological polar surface area (TPSA) is 67.2 Å². The van der Waals surface area contributed by atoms with Crippen molar-refractivity contribution in [2.24, 2.45) is 0 Å². The maximum Gasteiger partial charge on any atom is 0.227 e. The lowest BCUT2D eigenvalue weighted by Crippen LogP contribution is -2.24. The van der Waals surface area contributed by atoms with Crippen molar-refractivity contribution < 1.29 is 4.79 Å². The van der Waals surface area contributed by atoms with Gasteiger partial charge in [-0.05, 0) is 12.8 Å². The highest BCUT2D eigenvalue weighted by molar-refractivity contribution is 6.30. The zero-order valence-electron chi connectivity index (χ0n) is 12.6. The fourth-order valence-electron chi connectivity index (χ4n) is 3.20. The molecule has 2 fully saturated rings. The minimum absolute atomic E-state index is 0.187. The van der Waals surface area contributed by atoms with E-state index >= 15 is 0 Å². The lowest BCUT2D eigenvalue weighted by Gasteiger charge is -2.16. The molecule has 7 nitrogen and oxygen atoms in total. The summed E-state index contributed by atoms with van der Waals surface area (Å²) in [6.45, 7) is 2.47. The summed E-state index contributed by atoms with van der Waals surface area (Å²) in [5.41, 5.74) is 0.897. The number of anilines is 2. The van der Waals surface area contributed by atoms with E-state index in [1.807, 2.05) is 15.8 Å². The van der Waals surface area contributed by atoms with Crippen LogP contribution >= 0.6 is 11.6 Å². The summed E-state index contributed by atoms with van der Waals surface area (Å²) in [6, 6.07) is 0.265. The minimum Gasteiger partial charge on any atom is -0.339 e. The SMILES string of the molecule is O=C1CCCN1c1cnn(C2CCN(c3ncc(Cl)cn3)C2)c1. The largest absolute Gasteiger partial charge is 0.339 e. The van der Waals surface area contributed by atoms with Crippen LogP contribution in [0.5, 0.6) is 0 Å². The average Bonchev–Trinajstić information content (AvgIpc) is 3.26. The van der Waals surface area contributed by atoms with Gasteiger partial charge in [0.25, 0.3) is 0 Å². The first kappa shape index (κ1) is 14.4. The van der Waals surface area contributed by atoms with Crippen LogP contribution in [0.1, 0.15) is 25.3 Å². The summed E-state index contributed by atoms with van der Waals surface area (Å²) in [6.07, 6.45) is 9.52. The van der Waals surface area contributed by atoms with Crippen molar-refractivity contribution in [3.8, 4) is 0 Å². The van der Waals surface area contributed by atoms with E-state index in [0.29, 0.717) is 17.4 Å². The summed E-state index contributed by atoms with van der Waals surface area (Å²) < 4.78 is 1.96. The van der Waals surface area contributed by atoms with Gasteiger partial charge >= 0.3 is 0 Å². The van der Waals surface area contributed by atoms with Crippen LogP contribution in [0, 0.1) is 0 Å². The Bertz CT molecular complexity index is 715. The van der Waals surface area contributed by atoms with E-state index in [0.717, 1.165) is 38.2 Å². The Hall–Kier alpha value is -2.15. The third-order valence-electron chi connectivity index (χ3n) is 4.40. The Balaban J connectivity index is 1.46. The Morgan fingerprint density at radius 3 is 2.74 bits per heavy atom. The van der Waals surface area contributed by atoms with E-state index in [2.05, 4.69) is 20.0 Å². The molecule has 0 bridgehead atoms. The smallest absolute Gasteiger partial charge is 0.227 e. The average molecular weight is 333 g/mol. The van der Waals surface area contributed by atoms with E-state index in [9.17, 15) is 4.79 Å². The summed E-state index contributed by atoms with van der Waals surface area (Å²) in [5.74, 6) is 0.881. The molecule has 4 heterocycles. The van der Waals surface area contributed by atoms with Crippen molar-refractivity contribution in [3.63, 3.8) is 0 Å². The second kappa shape index (κ2) is 5.81. The molecular weight excluding hydrogens is 316 g/mol. The highest BCUT2D eigenvalue weighted by Crippen LogP contribution is 2.27. The predicted octanol–water partition coefficient (Wildman–Crippen LogP) is 1.90. The summed E-state index contributed by atoms with van der Waals surface area (Å²) in [4.78, 5) is 24.3. The van der Waals surface area contributed by atoms with Gasteiger partial charge in [0.15, 0.2) is 0 Å². The zero-order chi connectivity index (χ0) is 15.8. The van der Waals surface area contributed by atoms with E-state index in [-0.39, 0.29) is 11.9 Å². The fourth-order valence-corrected chi connectivity index (χ4v) is 3.29. The molecule has 0 N–H and O–H groups in total. The number of rotatable bonds is 3. The van der Waals surface area contributed by atoms with Crippen molar-refractivity contribution in [2.45, 2.75) is 25.3 Å². The molecule has 2 aromatic heterocycles. The molecule has 0 saturated carbocycles. The van der Waals surface area contributed by atoms with E-state index in [1.54, 1.807) is 18.6 Å². The van der Waals surface area contributed by atoms with Crippen LogP contribution in [0.3, 0.4) is 0 Å². The molecule has 23 heavy (non-hydrogen) atoms. The lowest BCUT2D eigenvalue weighted by atomic mass is 10.3. The summed E-state index contributed by atoms with van der Waals surface area (Å²) in [5, 5.41) is 4.99. The van der Waals surface area contributed by atoms with Crippen molar-refractivity contribution in [2.75, 3.05) is 29.4 Å². The number of aromatic nitrogens is 4. The molecule has 1 unspecified atom stereocenters. The molecule has 1 amide bonds. The highest BCUT2D eigenvalue weighted by Gasteiger charge is 2.28. The first-order valence-electron chi connectivity index (χ1n) is 7.78. The molecule has 0 spiro atoms. The molecule has 0 aromatic carbocycles. The number of carbonyl (C=O) groups is 1. The lowest BCUT2D eigenvalue weighted by molar-refractivity contribution is -0.117. The molecule has 0 aliphatic carbocycles. The molecule has 4 rings (SSSR count). The maximum atomic E-state index is 11.8. The van der Waals surface area contributed by atoms with Crippen LogP contribution < -0.4 is 9.80 Å². The second-order valence-electron chi connectivity index (χ2n) is 5.92. The molecule has 2 aliphatic rings. The zero-order valence-corrected chi connectivity index (χ0v) is 13.4. The van der Waals surface area contributed by atoms with Gasteiger partial charge in [0.05, 0.1) is 35.3 Å². The van der Waals surface area contributed by atoms with Gasteiger partial charge in [0, 0.05) is 32.3 Å². The van der Waals surface area contributed by atoms with E-state index in [1.165, 1.54) is 0 Å². The molecule has 2 saturated heterocycles. The quantitative estimate of drug-likeness (QED) is 0.859. The molecule has 0 radical (unpaired) electrons. The standard InChI is InChI=1S/C15H17ClN6O/c16-11-6-17-15(18-7-11)20-5-3-12(9-20)22-10-13(8-19-22)21-4-1-2-14(21)23/h6-8,10,12H,1-5,9H2. The van der Waals surface area contributed by atoms with Crippen molar-refractivity contribution >= 4 is 29.1 Å². The normalized spacial score (nSPS) is 21.4. The number of carbonyl (C=O) groups excluding carboxylic acids is 1. The molecule has 8 heteroatoms. The van der Waals surface area contributed by atoms with Crippen LogP contribution in [0.2, 0.25) is 5.02 Å². The number of hydrogen-bond donors (Lipinski definition) is 0. The van der Waals surface area contributed by atoms with Gasteiger partial charge < -0.3 is 9.80 Å². The van der Waals surface area contributed by atoms with Crippen molar-refractivity contribution in [1.29, 1.82) is 0 Å². The Kier molecular flexibility index (Phi) is 3.65. The molecule has 120 valence electrons. The molecule has 1 atom stereocenters. The number of hydrogen-bond acceptors (Lipinski definition) is 5. The van der Waals surface area contributed by atoms with Gasteiger partial charge in [-0.15, -0.1) is 0 Å². The highest BCUT2D eigenvalue weighted by atomic mass is 35.5. The van der Waals surface area contributed by atoms with Gasteiger partial charge in [-0.2, -0.15) is 5.10 Å². The third-order valence-corrected chi connectivity index (χ3v) is 4.60. The Morgan fingerprint density at radius 2 is 2.00 bits per heavy atom. The number of amides is 1.